The quantitative estimate of drug-likeness (QED) is 0.291. The number of hydrogen-bond donors (Lipinski definition) is 1. The maximum Gasteiger partial charge on any atom is 0.259 e. The van der Waals surface area contributed by atoms with Gasteiger partial charge in [-0.15, -0.1) is 0 Å². The lowest BCUT2D eigenvalue weighted by Crippen LogP contribution is -2.46. The summed E-state index contributed by atoms with van der Waals surface area (Å²) in [5.74, 6) is 0.420. The van der Waals surface area contributed by atoms with Crippen LogP contribution in [0.1, 0.15) is 29.8 Å². The number of anilines is 4. The molecule has 2 amide bonds. The first kappa shape index (κ1) is 24.2. The number of para-hydroxylation sites is 1. The standard InChI is InChI=1S/C28H21Cl2N5O3/c1-28(2)19-13-17-9-12-22(19)35(26(28)37)15-34(23-6-4-3-5-20(23)29)25(36)16-7-10-18(11-8-16)38-24-21(30)14-31-27(32-17)33-24/h3-14H,15H2,1-2H3,(H,31,32,33). The lowest BCUT2D eigenvalue weighted by Gasteiger charge is -2.30. The van der Waals surface area contributed by atoms with Crippen LogP contribution in [0.5, 0.6) is 11.6 Å². The van der Waals surface area contributed by atoms with Crippen molar-refractivity contribution in [2.24, 2.45) is 0 Å². The summed E-state index contributed by atoms with van der Waals surface area (Å²) in [5.41, 5.74) is 2.23. The number of benzene rings is 3. The molecule has 3 aromatic carbocycles. The fourth-order valence-electron chi connectivity index (χ4n) is 4.66. The highest BCUT2D eigenvalue weighted by atomic mass is 35.5. The summed E-state index contributed by atoms with van der Waals surface area (Å²) in [6.07, 6.45) is 1.45. The Morgan fingerprint density at radius 1 is 0.921 bits per heavy atom. The maximum absolute atomic E-state index is 13.9. The molecule has 0 atom stereocenters. The molecule has 0 saturated carbocycles. The Kier molecular flexibility index (Phi) is 5.74. The van der Waals surface area contributed by atoms with Crippen molar-refractivity contribution in [3.8, 4) is 11.6 Å². The van der Waals surface area contributed by atoms with Gasteiger partial charge in [-0.05, 0) is 74.0 Å². The molecule has 4 aromatic rings. The number of hydrogen-bond acceptors (Lipinski definition) is 6. The van der Waals surface area contributed by atoms with E-state index in [1.165, 1.54) is 11.1 Å². The Labute approximate surface area is 228 Å². The maximum atomic E-state index is 13.9. The molecule has 8 bridgehead atoms. The van der Waals surface area contributed by atoms with Crippen molar-refractivity contribution in [1.29, 1.82) is 0 Å². The van der Waals surface area contributed by atoms with Crippen LogP contribution >= 0.6 is 23.2 Å². The second-order valence-corrected chi connectivity index (χ2v) is 10.3. The van der Waals surface area contributed by atoms with Gasteiger partial charge in [0, 0.05) is 16.9 Å². The van der Waals surface area contributed by atoms with Gasteiger partial charge in [-0.25, -0.2) is 4.98 Å². The van der Waals surface area contributed by atoms with Crippen molar-refractivity contribution in [3.63, 3.8) is 0 Å². The minimum absolute atomic E-state index is 0.0254. The van der Waals surface area contributed by atoms with Crippen LogP contribution in [-0.2, 0) is 10.2 Å². The second kappa shape index (κ2) is 9.01. The second-order valence-electron chi connectivity index (χ2n) is 9.51. The minimum Gasteiger partial charge on any atom is -0.437 e. The van der Waals surface area contributed by atoms with Gasteiger partial charge in [0.1, 0.15) is 17.4 Å². The van der Waals surface area contributed by atoms with E-state index in [9.17, 15) is 9.59 Å². The summed E-state index contributed by atoms with van der Waals surface area (Å²) in [4.78, 5) is 39.4. The summed E-state index contributed by atoms with van der Waals surface area (Å²) in [6.45, 7) is 3.70. The predicted octanol–water partition coefficient (Wildman–Crippen LogP) is 6.56. The van der Waals surface area contributed by atoms with E-state index in [1.807, 2.05) is 32.0 Å². The van der Waals surface area contributed by atoms with Gasteiger partial charge in [-0.3, -0.25) is 19.4 Å². The number of halogens is 2. The molecule has 0 fully saturated rings. The Bertz CT molecular complexity index is 1610. The zero-order valence-electron chi connectivity index (χ0n) is 20.4. The van der Waals surface area contributed by atoms with Crippen molar-refractivity contribution in [2.75, 3.05) is 21.8 Å². The van der Waals surface area contributed by atoms with Crippen molar-refractivity contribution >= 4 is 58.0 Å². The third-order valence-corrected chi connectivity index (χ3v) is 7.27. The molecule has 0 unspecified atom stereocenters. The SMILES string of the molecule is CC1(C)C(=O)N2CN(c3ccccc3Cl)C(=O)c3ccc(cc3)Oc3nc(ncc3Cl)Nc3ccc2c1c3. The third kappa shape index (κ3) is 4.02. The van der Waals surface area contributed by atoms with E-state index in [2.05, 4.69) is 15.3 Å². The molecule has 5 aliphatic rings. The molecule has 10 heteroatoms. The van der Waals surface area contributed by atoms with Crippen LogP contribution in [-0.4, -0.2) is 28.5 Å². The van der Waals surface area contributed by atoms with Gasteiger partial charge in [0.05, 0.1) is 22.3 Å². The average Bonchev–Trinajstić information content (AvgIpc) is 3.09. The van der Waals surface area contributed by atoms with Crippen molar-refractivity contribution < 1.29 is 14.3 Å². The first-order valence-electron chi connectivity index (χ1n) is 11.8. The van der Waals surface area contributed by atoms with Crippen molar-refractivity contribution in [1.82, 2.24) is 9.97 Å². The van der Waals surface area contributed by atoms with Gasteiger partial charge in [0.15, 0.2) is 0 Å². The number of carbonyl (C=O) groups excluding carboxylic acids is 2. The monoisotopic (exact) mass is 545 g/mol. The summed E-state index contributed by atoms with van der Waals surface area (Å²) in [6, 6.07) is 19.2. The Morgan fingerprint density at radius 2 is 1.68 bits per heavy atom. The predicted molar refractivity (Wildman–Crippen MR) is 147 cm³/mol. The van der Waals surface area contributed by atoms with Crippen molar-refractivity contribution in [2.45, 2.75) is 19.3 Å². The molecule has 38 heavy (non-hydrogen) atoms. The van der Waals surface area contributed by atoms with Crippen LogP contribution in [0.25, 0.3) is 0 Å². The van der Waals surface area contributed by atoms with Gasteiger partial charge >= 0.3 is 0 Å². The molecule has 8 nitrogen and oxygen atoms in total. The van der Waals surface area contributed by atoms with E-state index in [0.29, 0.717) is 33.4 Å². The molecule has 0 radical (unpaired) electrons. The van der Waals surface area contributed by atoms with E-state index in [0.717, 1.165) is 5.56 Å². The van der Waals surface area contributed by atoms with E-state index in [-0.39, 0.29) is 35.3 Å². The van der Waals surface area contributed by atoms with E-state index < -0.39 is 5.41 Å². The molecule has 1 N–H and O–H groups in total. The summed E-state index contributed by atoms with van der Waals surface area (Å²) < 4.78 is 5.90. The van der Waals surface area contributed by atoms with Crippen LogP contribution in [0, 0.1) is 0 Å². The zero-order chi connectivity index (χ0) is 26.6. The highest BCUT2D eigenvalue weighted by Gasteiger charge is 2.45. The first-order valence-corrected chi connectivity index (χ1v) is 12.6. The van der Waals surface area contributed by atoms with Gasteiger partial charge < -0.3 is 10.1 Å². The summed E-state index contributed by atoms with van der Waals surface area (Å²) in [5, 5.41) is 3.80. The molecule has 0 spiro atoms. The van der Waals surface area contributed by atoms with Crippen LogP contribution in [0.15, 0.2) is 72.9 Å². The highest BCUT2D eigenvalue weighted by Crippen LogP contribution is 2.44. The fourth-order valence-corrected chi connectivity index (χ4v) is 5.03. The van der Waals surface area contributed by atoms with Gasteiger partial charge in [0.2, 0.25) is 17.7 Å². The molecule has 5 aliphatic heterocycles. The van der Waals surface area contributed by atoms with Crippen molar-refractivity contribution in [3.05, 3.63) is 94.1 Å². The Hall–Kier alpha value is -4.14. The number of ether oxygens (including phenoxy) is 1. The number of carbonyl (C=O) groups is 2. The van der Waals surface area contributed by atoms with Gasteiger partial charge in [0.25, 0.3) is 5.91 Å². The molecule has 0 saturated heterocycles. The highest BCUT2D eigenvalue weighted by molar-refractivity contribution is 6.34. The van der Waals surface area contributed by atoms with Crippen LogP contribution < -0.4 is 19.9 Å². The number of aromatic nitrogens is 2. The van der Waals surface area contributed by atoms with Crippen LogP contribution in [0.2, 0.25) is 10.0 Å². The Balaban J connectivity index is 1.54. The van der Waals surface area contributed by atoms with Crippen LogP contribution in [0.4, 0.5) is 23.0 Å². The molecule has 0 aliphatic carbocycles. The molecular formula is C28H21Cl2N5O3. The van der Waals surface area contributed by atoms with E-state index in [4.69, 9.17) is 27.9 Å². The lowest BCUT2D eigenvalue weighted by molar-refractivity contribution is -0.122. The molecule has 9 rings (SSSR count). The first-order chi connectivity index (χ1) is 18.2. The topological polar surface area (TPSA) is 87.7 Å². The zero-order valence-corrected chi connectivity index (χ0v) is 21.9. The molecule has 190 valence electrons. The molecular weight excluding hydrogens is 525 g/mol. The van der Waals surface area contributed by atoms with Crippen LogP contribution in [0.3, 0.4) is 0 Å². The summed E-state index contributed by atoms with van der Waals surface area (Å²) >= 11 is 12.8. The van der Waals surface area contributed by atoms with E-state index in [1.54, 1.807) is 53.4 Å². The average molecular weight is 546 g/mol. The van der Waals surface area contributed by atoms with Gasteiger partial charge in [-0.2, -0.15) is 4.98 Å². The number of nitrogens with one attached hydrogen (secondary N) is 1. The Morgan fingerprint density at radius 3 is 2.45 bits per heavy atom. The molecule has 1 aromatic heterocycles. The largest absolute Gasteiger partial charge is 0.437 e. The number of amides is 2. The smallest absolute Gasteiger partial charge is 0.259 e. The normalized spacial score (nSPS) is 15.9. The summed E-state index contributed by atoms with van der Waals surface area (Å²) in [7, 11) is 0. The third-order valence-electron chi connectivity index (χ3n) is 6.70. The lowest BCUT2D eigenvalue weighted by atomic mass is 9.86. The minimum atomic E-state index is -0.843. The number of nitrogens with zero attached hydrogens (tertiary/aromatic N) is 4. The van der Waals surface area contributed by atoms with E-state index >= 15 is 0 Å². The molecule has 6 heterocycles. The van der Waals surface area contributed by atoms with Gasteiger partial charge in [-0.1, -0.05) is 35.3 Å². The fraction of sp³-hybridized carbons (Fsp3) is 0.143. The number of rotatable bonds is 1.